The number of benzene rings is 3. The van der Waals surface area contributed by atoms with Crippen LogP contribution in [-0.4, -0.2) is 20.9 Å². The van der Waals surface area contributed by atoms with Gasteiger partial charge in [0.15, 0.2) is 0 Å². The zero-order chi connectivity index (χ0) is 22.6. The summed E-state index contributed by atoms with van der Waals surface area (Å²) in [5.41, 5.74) is 3.99. The predicted molar refractivity (Wildman–Crippen MR) is 120 cm³/mol. The molecule has 3 aromatic carbocycles. The first-order chi connectivity index (χ1) is 14.7. The fraction of sp³-hybridized carbons (Fsp3) is 0.208. The second-order valence-corrected chi connectivity index (χ2v) is 9.27. The van der Waals surface area contributed by atoms with Gasteiger partial charge in [-0.05, 0) is 62.1 Å². The van der Waals surface area contributed by atoms with E-state index in [2.05, 4.69) is 10.0 Å². The first-order valence-electron chi connectivity index (χ1n) is 9.90. The van der Waals surface area contributed by atoms with Crippen molar-refractivity contribution in [2.45, 2.75) is 32.1 Å². The molecule has 1 amide bonds. The van der Waals surface area contributed by atoms with Crippen molar-refractivity contribution in [3.63, 3.8) is 0 Å². The van der Waals surface area contributed by atoms with Crippen molar-refractivity contribution in [3.8, 4) is 0 Å². The maximum Gasteiger partial charge on any atom is 0.258 e. The van der Waals surface area contributed by atoms with Gasteiger partial charge in [0, 0.05) is 12.2 Å². The predicted octanol–water partition coefficient (Wildman–Crippen LogP) is 4.52. The number of hydrogen-bond donors (Lipinski definition) is 2. The van der Waals surface area contributed by atoms with E-state index in [1.165, 1.54) is 0 Å². The summed E-state index contributed by atoms with van der Waals surface area (Å²) in [6.45, 7) is 5.84. The monoisotopic (exact) mass is 440 g/mol. The minimum Gasteiger partial charge on any atom is -0.321 e. The molecule has 0 aliphatic carbocycles. The fourth-order valence-corrected chi connectivity index (χ4v) is 4.52. The van der Waals surface area contributed by atoms with Crippen molar-refractivity contribution in [2.24, 2.45) is 0 Å². The second-order valence-electron chi connectivity index (χ2n) is 7.50. The maximum absolute atomic E-state index is 14.4. The summed E-state index contributed by atoms with van der Waals surface area (Å²) in [5.74, 6) is -1.49. The van der Waals surface area contributed by atoms with E-state index in [1.807, 2.05) is 63.2 Å². The van der Waals surface area contributed by atoms with Gasteiger partial charge in [-0.15, -0.1) is 0 Å². The Morgan fingerprint density at radius 3 is 2.23 bits per heavy atom. The van der Waals surface area contributed by atoms with E-state index < -0.39 is 21.7 Å². The maximum atomic E-state index is 14.4. The Labute approximate surface area is 182 Å². The fourth-order valence-electron chi connectivity index (χ4n) is 3.46. The highest BCUT2D eigenvalue weighted by Gasteiger charge is 2.20. The molecule has 3 rings (SSSR count). The SMILES string of the molecule is Cc1cc(C)c(NC(=O)c2cc(S(=O)(=O)NCCc3ccccc3)ccc2F)c(C)c1. The molecule has 162 valence electrons. The first-order valence-corrected chi connectivity index (χ1v) is 11.4. The van der Waals surface area contributed by atoms with Gasteiger partial charge in [0.2, 0.25) is 10.0 Å². The molecule has 0 heterocycles. The molecule has 0 spiro atoms. The number of carbonyl (C=O) groups excluding carboxylic acids is 1. The molecule has 0 fully saturated rings. The molecule has 7 heteroatoms. The van der Waals surface area contributed by atoms with Crippen LogP contribution in [0.3, 0.4) is 0 Å². The van der Waals surface area contributed by atoms with Crippen LogP contribution in [0.25, 0.3) is 0 Å². The van der Waals surface area contributed by atoms with Gasteiger partial charge in [0.05, 0.1) is 10.5 Å². The van der Waals surface area contributed by atoms with E-state index in [9.17, 15) is 17.6 Å². The summed E-state index contributed by atoms with van der Waals surface area (Å²) < 4.78 is 42.2. The molecule has 0 unspecified atom stereocenters. The van der Waals surface area contributed by atoms with Crippen molar-refractivity contribution < 1.29 is 17.6 Å². The number of nitrogens with one attached hydrogen (secondary N) is 2. The third-order valence-corrected chi connectivity index (χ3v) is 6.42. The molecular weight excluding hydrogens is 415 g/mol. The summed E-state index contributed by atoms with van der Waals surface area (Å²) in [5, 5.41) is 2.71. The number of aryl methyl sites for hydroxylation is 3. The van der Waals surface area contributed by atoms with Gasteiger partial charge >= 0.3 is 0 Å². The van der Waals surface area contributed by atoms with E-state index >= 15 is 0 Å². The molecule has 0 aliphatic heterocycles. The smallest absolute Gasteiger partial charge is 0.258 e. The lowest BCUT2D eigenvalue weighted by Gasteiger charge is -2.14. The van der Waals surface area contributed by atoms with E-state index in [0.29, 0.717) is 12.1 Å². The number of amides is 1. The molecule has 0 radical (unpaired) electrons. The van der Waals surface area contributed by atoms with E-state index in [-0.39, 0.29) is 17.0 Å². The highest BCUT2D eigenvalue weighted by Crippen LogP contribution is 2.24. The van der Waals surface area contributed by atoms with Crippen LogP contribution in [0.2, 0.25) is 0 Å². The molecule has 0 aliphatic rings. The van der Waals surface area contributed by atoms with Crippen molar-refractivity contribution in [3.05, 3.63) is 94.3 Å². The van der Waals surface area contributed by atoms with Crippen LogP contribution in [-0.2, 0) is 16.4 Å². The summed E-state index contributed by atoms with van der Waals surface area (Å²) in [6, 6.07) is 16.5. The van der Waals surface area contributed by atoms with Crippen molar-refractivity contribution >= 4 is 21.6 Å². The molecule has 31 heavy (non-hydrogen) atoms. The zero-order valence-electron chi connectivity index (χ0n) is 17.7. The molecular formula is C24H25FN2O3S. The molecule has 0 saturated heterocycles. The summed E-state index contributed by atoms with van der Waals surface area (Å²) in [7, 11) is -3.89. The van der Waals surface area contributed by atoms with Gasteiger partial charge in [-0.1, -0.05) is 48.0 Å². The van der Waals surface area contributed by atoms with Gasteiger partial charge in [-0.25, -0.2) is 17.5 Å². The van der Waals surface area contributed by atoms with Gasteiger partial charge in [0.1, 0.15) is 5.82 Å². The van der Waals surface area contributed by atoms with Crippen LogP contribution in [0, 0.1) is 26.6 Å². The third kappa shape index (κ3) is 5.57. The minimum atomic E-state index is -3.89. The molecule has 2 N–H and O–H groups in total. The Kier molecular flexibility index (Phi) is 6.87. The van der Waals surface area contributed by atoms with E-state index in [1.54, 1.807) is 0 Å². The van der Waals surface area contributed by atoms with Gasteiger partial charge in [-0.3, -0.25) is 4.79 Å². The van der Waals surface area contributed by atoms with Crippen LogP contribution in [0.1, 0.15) is 32.6 Å². The topological polar surface area (TPSA) is 75.3 Å². The van der Waals surface area contributed by atoms with Crippen molar-refractivity contribution in [1.82, 2.24) is 4.72 Å². The average Bonchev–Trinajstić information content (AvgIpc) is 2.71. The number of sulfonamides is 1. The van der Waals surface area contributed by atoms with Crippen LogP contribution in [0.4, 0.5) is 10.1 Å². The Balaban J connectivity index is 1.78. The molecule has 0 aromatic heterocycles. The summed E-state index contributed by atoms with van der Waals surface area (Å²) in [6.07, 6.45) is 0.514. The zero-order valence-corrected chi connectivity index (χ0v) is 18.5. The number of halogens is 1. The summed E-state index contributed by atoms with van der Waals surface area (Å²) in [4.78, 5) is 12.6. The second kappa shape index (κ2) is 9.41. The molecule has 0 saturated carbocycles. The van der Waals surface area contributed by atoms with Crippen molar-refractivity contribution in [1.29, 1.82) is 0 Å². The molecule has 0 bridgehead atoms. The lowest BCUT2D eigenvalue weighted by atomic mass is 10.0. The Morgan fingerprint density at radius 2 is 1.58 bits per heavy atom. The van der Waals surface area contributed by atoms with Crippen LogP contribution >= 0.6 is 0 Å². The minimum absolute atomic E-state index is 0.163. The number of hydrogen-bond acceptors (Lipinski definition) is 3. The average molecular weight is 441 g/mol. The number of rotatable bonds is 7. The van der Waals surface area contributed by atoms with Gasteiger partial charge < -0.3 is 5.32 Å². The van der Waals surface area contributed by atoms with Crippen molar-refractivity contribution in [2.75, 3.05) is 11.9 Å². The molecule has 0 atom stereocenters. The number of anilines is 1. The largest absolute Gasteiger partial charge is 0.321 e. The normalized spacial score (nSPS) is 11.4. The van der Waals surface area contributed by atoms with Crippen LogP contribution in [0.15, 0.2) is 65.6 Å². The van der Waals surface area contributed by atoms with E-state index in [0.717, 1.165) is 40.5 Å². The lowest BCUT2D eigenvalue weighted by Crippen LogP contribution is -2.26. The van der Waals surface area contributed by atoms with Crippen LogP contribution in [0.5, 0.6) is 0 Å². The quantitative estimate of drug-likeness (QED) is 0.567. The molecule has 5 nitrogen and oxygen atoms in total. The third-order valence-electron chi connectivity index (χ3n) is 4.96. The Bertz CT molecular complexity index is 1190. The standard InChI is InChI=1S/C24H25FN2O3S/c1-16-13-17(2)23(18(3)14-16)27-24(28)21-15-20(9-10-22(21)25)31(29,30)26-12-11-19-7-5-4-6-8-19/h4-10,13-15,26H,11-12H2,1-3H3,(H,27,28). The highest BCUT2D eigenvalue weighted by atomic mass is 32.2. The van der Waals surface area contributed by atoms with Gasteiger partial charge in [0.25, 0.3) is 5.91 Å². The molecule has 3 aromatic rings. The van der Waals surface area contributed by atoms with Crippen LogP contribution < -0.4 is 10.0 Å². The highest BCUT2D eigenvalue weighted by molar-refractivity contribution is 7.89. The number of carbonyl (C=O) groups is 1. The first kappa shape index (κ1) is 22.7. The van der Waals surface area contributed by atoms with E-state index in [4.69, 9.17) is 0 Å². The summed E-state index contributed by atoms with van der Waals surface area (Å²) >= 11 is 0. The Morgan fingerprint density at radius 1 is 0.935 bits per heavy atom. The Hall–Kier alpha value is -3.03. The van der Waals surface area contributed by atoms with Gasteiger partial charge in [-0.2, -0.15) is 0 Å². The lowest BCUT2D eigenvalue weighted by molar-refractivity contribution is 0.102.